The monoisotopic (exact) mass is 351 g/mol. The molecule has 0 N–H and O–H groups in total. The molecule has 0 atom stereocenters. The summed E-state index contributed by atoms with van der Waals surface area (Å²) in [4.78, 5) is 4.83. The molecule has 3 heterocycles. The van der Waals surface area contributed by atoms with Gasteiger partial charge in [0.05, 0.1) is 11.4 Å². The highest BCUT2D eigenvalue weighted by atomic mass is 15.4. The largest absolute Gasteiger partial charge is 0.219 e. The zero-order chi connectivity index (χ0) is 19.3. The van der Waals surface area contributed by atoms with E-state index in [4.69, 9.17) is 15.2 Å². The maximum absolute atomic E-state index is 4.83. The molecular formula is C21H29N5. The molecule has 0 spiro atoms. The lowest BCUT2D eigenvalue weighted by Crippen LogP contribution is -2.14. The van der Waals surface area contributed by atoms with Crippen LogP contribution in [0.1, 0.15) is 64.3 Å². The summed E-state index contributed by atoms with van der Waals surface area (Å²) in [6.07, 6.45) is 0. The molecule has 0 fully saturated rings. The van der Waals surface area contributed by atoms with Crippen molar-refractivity contribution in [3.8, 4) is 11.6 Å². The number of aryl methyl sites for hydroxylation is 2. The number of pyridine rings is 1. The first kappa shape index (κ1) is 18.4. The number of hydrogen-bond donors (Lipinski definition) is 0. The average Bonchev–Trinajstić information content (AvgIpc) is 3.10. The Hall–Kier alpha value is -2.43. The highest BCUT2D eigenvalue weighted by Crippen LogP contribution is 2.25. The molecule has 0 unspecified atom stereocenters. The van der Waals surface area contributed by atoms with Gasteiger partial charge in [0, 0.05) is 22.2 Å². The molecule has 0 aliphatic heterocycles. The molecule has 3 aromatic heterocycles. The van der Waals surface area contributed by atoms with Crippen molar-refractivity contribution >= 4 is 0 Å². The van der Waals surface area contributed by atoms with Gasteiger partial charge in [0.1, 0.15) is 0 Å². The number of aromatic nitrogens is 5. The molecule has 3 rings (SSSR count). The highest BCUT2D eigenvalue weighted by molar-refractivity contribution is 5.35. The molecule has 138 valence electrons. The maximum Gasteiger partial charge on any atom is 0.156 e. The van der Waals surface area contributed by atoms with Crippen molar-refractivity contribution in [1.29, 1.82) is 0 Å². The van der Waals surface area contributed by atoms with Gasteiger partial charge in [-0.2, -0.15) is 10.2 Å². The molecule has 0 amide bonds. The average molecular weight is 351 g/mol. The van der Waals surface area contributed by atoms with Crippen LogP contribution in [0.15, 0.2) is 30.3 Å². The van der Waals surface area contributed by atoms with E-state index in [9.17, 15) is 0 Å². The first-order valence-corrected chi connectivity index (χ1v) is 9.09. The van der Waals surface area contributed by atoms with Crippen molar-refractivity contribution < 1.29 is 0 Å². The fraction of sp³-hybridized carbons (Fsp3) is 0.476. The zero-order valence-electron chi connectivity index (χ0n) is 17.1. The molecule has 26 heavy (non-hydrogen) atoms. The molecule has 0 aliphatic carbocycles. The van der Waals surface area contributed by atoms with Crippen LogP contribution < -0.4 is 0 Å². The molecule has 0 saturated carbocycles. The van der Waals surface area contributed by atoms with E-state index in [1.807, 2.05) is 27.6 Å². The number of nitrogens with zero attached hydrogens (tertiary/aromatic N) is 5. The van der Waals surface area contributed by atoms with Gasteiger partial charge in [0.25, 0.3) is 0 Å². The summed E-state index contributed by atoms with van der Waals surface area (Å²) in [5.41, 5.74) is 4.29. The van der Waals surface area contributed by atoms with Crippen LogP contribution in [0.4, 0.5) is 0 Å². The summed E-state index contributed by atoms with van der Waals surface area (Å²) in [6, 6.07) is 10.2. The van der Waals surface area contributed by atoms with Crippen LogP contribution in [0.5, 0.6) is 0 Å². The summed E-state index contributed by atoms with van der Waals surface area (Å²) < 4.78 is 3.82. The van der Waals surface area contributed by atoms with E-state index >= 15 is 0 Å². The van der Waals surface area contributed by atoms with Gasteiger partial charge in [-0.05, 0) is 38.1 Å². The van der Waals surface area contributed by atoms with Crippen LogP contribution in [0, 0.1) is 13.8 Å². The van der Waals surface area contributed by atoms with Crippen molar-refractivity contribution in [2.45, 2.75) is 66.2 Å². The van der Waals surface area contributed by atoms with Crippen molar-refractivity contribution in [1.82, 2.24) is 24.5 Å². The van der Waals surface area contributed by atoms with Gasteiger partial charge in [0.15, 0.2) is 11.6 Å². The van der Waals surface area contributed by atoms with Crippen LogP contribution in [0.2, 0.25) is 0 Å². The van der Waals surface area contributed by atoms with Gasteiger partial charge in [-0.25, -0.2) is 14.3 Å². The minimum atomic E-state index is 0.00774. The lowest BCUT2D eigenvalue weighted by atomic mass is 9.92. The third-order valence-electron chi connectivity index (χ3n) is 4.47. The summed E-state index contributed by atoms with van der Waals surface area (Å²) in [7, 11) is 0. The molecule has 3 aromatic rings. The Labute approximate surface area is 156 Å². The molecule has 5 heteroatoms. The topological polar surface area (TPSA) is 48.5 Å². The SMILES string of the molecule is Cc1cc(C(C)(C)C)nn1-c1cccc(-n2nc(C(C)(C)C)cc2C)n1. The summed E-state index contributed by atoms with van der Waals surface area (Å²) in [5, 5.41) is 9.55. The first-order valence-electron chi connectivity index (χ1n) is 9.09. The Morgan fingerprint density at radius 3 is 1.38 bits per heavy atom. The van der Waals surface area contributed by atoms with Crippen molar-refractivity contribution in [3.63, 3.8) is 0 Å². The van der Waals surface area contributed by atoms with Crippen molar-refractivity contribution in [2.75, 3.05) is 0 Å². The molecule has 0 aliphatic rings. The smallest absolute Gasteiger partial charge is 0.156 e. The second-order valence-corrected chi connectivity index (χ2v) is 9.02. The van der Waals surface area contributed by atoms with E-state index < -0.39 is 0 Å². The van der Waals surface area contributed by atoms with Gasteiger partial charge in [0.2, 0.25) is 0 Å². The molecule has 5 nitrogen and oxygen atoms in total. The quantitative estimate of drug-likeness (QED) is 0.674. The van der Waals surface area contributed by atoms with E-state index in [0.29, 0.717) is 0 Å². The fourth-order valence-corrected chi connectivity index (χ4v) is 2.79. The maximum atomic E-state index is 4.83. The normalized spacial score (nSPS) is 12.6. The lowest BCUT2D eigenvalue weighted by molar-refractivity contribution is 0.557. The van der Waals surface area contributed by atoms with Crippen LogP contribution in [-0.2, 0) is 10.8 Å². The van der Waals surface area contributed by atoms with E-state index in [1.165, 1.54) is 0 Å². The Morgan fingerprint density at radius 2 is 1.08 bits per heavy atom. The van der Waals surface area contributed by atoms with Crippen molar-refractivity contribution in [2.24, 2.45) is 0 Å². The minimum absolute atomic E-state index is 0.00774. The third kappa shape index (κ3) is 3.43. The molecule has 0 bridgehead atoms. The molecule has 0 radical (unpaired) electrons. The number of rotatable bonds is 2. The Balaban J connectivity index is 2.05. The van der Waals surface area contributed by atoms with E-state index in [0.717, 1.165) is 34.4 Å². The first-order chi connectivity index (χ1) is 12.0. The summed E-state index contributed by atoms with van der Waals surface area (Å²) in [5.74, 6) is 1.62. The van der Waals surface area contributed by atoms with Gasteiger partial charge in [-0.3, -0.25) is 0 Å². The van der Waals surface area contributed by atoms with Gasteiger partial charge < -0.3 is 0 Å². The van der Waals surface area contributed by atoms with Crippen LogP contribution in [-0.4, -0.2) is 24.5 Å². The van der Waals surface area contributed by atoms with Crippen LogP contribution >= 0.6 is 0 Å². The van der Waals surface area contributed by atoms with Gasteiger partial charge in [-0.15, -0.1) is 0 Å². The zero-order valence-corrected chi connectivity index (χ0v) is 17.1. The second kappa shape index (κ2) is 6.08. The Morgan fingerprint density at radius 1 is 0.692 bits per heavy atom. The van der Waals surface area contributed by atoms with Gasteiger partial charge >= 0.3 is 0 Å². The van der Waals surface area contributed by atoms with Crippen molar-refractivity contribution in [3.05, 3.63) is 53.1 Å². The lowest BCUT2D eigenvalue weighted by Gasteiger charge is -2.14. The van der Waals surface area contributed by atoms with Crippen LogP contribution in [0.25, 0.3) is 11.6 Å². The molecular weight excluding hydrogens is 322 g/mol. The van der Waals surface area contributed by atoms with E-state index in [2.05, 4.69) is 67.5 Å². The fourth-order valence-electron chi connectivity index (χ4n) is 2.79. The van der Waals surface area contributed by atoms with E-state index in [1.54, 1.807) is 0 Å². The third-order valence-corrected chi connectivity index (χ3v) is 4.47. The van der Waals surface area contributed by atoms with Crippen LogP contribution in [0.3, 0.4) is 0 Å². The minimum Gasteiger partial charge on any atom is -0.219 e. The molecule has 0 aromatic carbocycles. The molecule has 0 saturated heterocycles. The van der Waals surface area contributed by atoms with E-state index in [-0.39, 0.29) is 10.8 Å². The number of hydrogen-bond acceptors (Lipinski definition) is 3. The predicted molar refractivity (Wildman–Crippen MR) is 105 cm³/mol. The predicted octanol–water partition coefficient (Wildman–Crippen LogP) is 4.66. The summed E-state index contributed by atoms with van der Waals surface area (Å²) in [6.45, 7) is 17.2. The highest BCUT2D eigenvalue weighted by Gasteiger charge is 2.21. The Bertz CT molecular complexity index is 859. The second-order valence-electron chi connectivity index (χ2n) is 9.02. The standard InChI is InChI=1S/C21H29N5/c1-14-12-16(20(3,4)5)23-25(14)18-10-9-11-19(22-18)26-15(2)13-17(24-26)21(6,7)8/h9-13H,1-8H3. The summed E-state index contributed by atoms with van der Waals surface area (Å²) >= 11 is 0. The van der Waals surface area contributed by atoms with Gasteiger partial charge in [-0.1, -0.05) is 47.6 Å². The Kier molecular flexibility index (Phi) is 4.29.